The van der Waals surface area contributed by atoms with Crippen LogP contribution in [-0.4, -0.2) is 52.1 Å². The second-order valence-corrected chi connectivity index (χ2v) is 9.44. The summed E-state index contributed by atoms with van der Waals surface area (Å²) in [5.74, 6) is 0.692. The molecule has 3 heterocycles. The highest BCUT2D eigenvalue weighted by molar-refractivity contribution is 5.21. The molecule has 1 atom stereocenters. The average Bonchev–Trinajstić information content (AvgIpc) is 3.49. The molecule has 1 aliphatic carbocycles. The summed E-state index contributed by atoms with van der Waals surface area (Å²) < 4.78 is 2.43. The van der Waals surface area contributed by atoms with Gasteiger partial charge < -0.3 is 9.47 Å². The third-order valence-electron chi connectivity index (χ3n) is 7.42. The lowest BCUT2D eigenvalue weighted by molar-refractivity contribution is 0.0132. The lowest BCUT2D eigenvalue weighted by Crippen LogP contribution is -2.51. The minimum absolute atomic E-state index is 0.502. The normalized spacial score (nSPS) is 26.0. The highest BCUT2D eigenvalue weighted by Crippen LogP contribution is 2.45. The van der Waals surface area contributed by atoms with E-state index in [-0.39, 0.29) is 0 Å². The van der Waals surface area contributed by atoms with E-state index in [9.17, 15) is 0 Å². The molecule has 1 aromatic carbocycles. The molecule has 2 aliphatic heterocycles. The lowest BCUT2D eigenvalue weighted by atomic mass is 9.68. The molecule has 2 saturated heterocycles. The van der Waals surface area contributed by atoms with Gasteiger partial charge in [-0.1, -0.05) is 37.3 Å². The van der Waals surface area contributed by atoms with Gasteiger partial charge in [-0.2, -0.15) is 0 Å². The fraction of sp³-hybridized carbons (Fsp3) is 0.625. The molecule has 2 aromatic rings. The van der Waals surface area contributed by atoms with Crippen molar-refractivity contribution in [3.05, 3.63) is 54.1 Å². The van der Waals surface area contributed by atoms with Crippen molar-refractivity contribution >= 4 is 0 Å². The van der Waals surface area contributed by atoms with E-state index in [0.717, 1.165) is 12.6 Å². The summed E-state index contributed by atoms with van der Waals surface area (Å²) in [7, 11) is 0. The van der Waals surface area contributed by atoms with Crippen LogP contribution in [0.15, 0.2) is 42.9 Å². The number of aromatic nitrogens is 2. The van der Waals surface area contributed by atoms with Crippen molar-refractivity contribution in [2.45, 2.75) is 57.5 Å². The summed E-state index contributed by atoms with van der Waals surface area (Å²) in [5.41, 5.74) is 3.46. The molecule has 1 saturated carbocycles. The molecular formula is C24H34N4. The average molecular weight is 379 g/mol. The molecule has 4 nitrogen and oxygen atoms in total. The van der Waals surface area contributed by atoms with Crippen LogP contribution < -0.4 is 0 Å². The van der Waals surface area contributed by atoms with Gasteiger partial charge in [-0.15, -0.1) is 0 Å². The number of likely N-dealkylation sites (tertiary alicyclic amines) is 2. The Morgan fingerprint density at radius 3 is 2.57 bits per heavy atom. The topological polar surface area (TPSA) is 24.3 Å². The van der Waals surface area contributed by atoms with Gasteiger partial charge in [0.05, 0.1) is 12.0 Å². The van der Waals surface area contributed by atoms with Crippen molar-refractivity contribution in [2.75, 3.05) is 32.7 Å². The number of imidazole rings is 1. The van der Waals surface area contributed by atoms with E-state index in [4.69, 9.17) is 0 Å². The monoisotopic (exact) mass is 378 g/mol. The summed E-state index contributed by atoms with van der Waals surface area (Å²) in [4.78, 5) is 9.80. The van der Waals surface area contributed by atoms with Crippen molar-refractivity contribution in [1.29, 1.82) is 0 Å². The van der Waals surface area contributed by atoms with E-state index in [1.807, 2.05) is 6.33 Å². The Balaban J connectivity index is 1.25. The zero-order valence-electron chi connectivity index (χ0n) is 17.3. The van der Waals surface area contributed by atoms with Crippen LogP contribution in [0.5, 0.6) is 0 Å². The maximum absolute atomic E-state index is 4.43. The molecule has 0 amide bonds. The molecule has 0 N–H and O–H groups in total. The van der Waals surface area contributed by atoms with Gasteiger partial charge in [0.15, 0.2) is 0 Å². The number of likely N-dealkylation sites (N-methyl/N-ethyl adjacent to an activating group) is 1. The van der Waals surface area contributed by atoms with E-state index in [2.05, 4.69) is 62.8 Å². The molecule has 3 aliphatic rings. The molecular weight excluding hydrogens is 344 g/mol. The van der Waals surface area contributed by atoms with Crippen LogP contribution in [0.1, 0.15) is 62.2 Å². The second kappa shape index (κ2) is 7.64. The Hall–Kier alpha value is -1.65. The van der Waals surface area contributed by atoms with E-state index < -0.39 is 0 Å². The van der Waals surface area contributed by atoms with Crippen molar-refractivity contribution in [3.8, 4) is 0 Å². The number of rotatable bonds is 5. The molecule has 1 spiro atoms. The van der Waals surface area contributed by atoms with E-state index in [1.165, 1.54) is 76.1 Å². The molecule has 150 valence electrons. The number of nitrogens with zero attached hydrogens (tertiary/aromatic N) is 4. The third-order valence-corrected chi connectivity index (χ3v) is 7.42. The van der Waals surface area contributed by atoms with Gasteiger partial charge in [-0.3, -0.25) is 4.90 Å². The van der Waals surface area contributed by atoms with Crippen molar-refractivity contribution in [1.82, 2.24) is 19.4 Å². The van der Waals surface area contributed by atoms with Crippen LogP contribution >= 0.6 is 0 Å². The highest BCUT2D eigenvalue weighted by Gasteiger charge is 2.42. The Bertz CT molecular complexity index is 771. The molecule has 0 radical (unpaired) electrons. The molecule has 1 unspecified atom stereocenters. The molecule has 5 rings (SSSR count). The predicted molar refractivity (Wildman–Crippen MR) is 113 cm³/mol. The van der Waals surface area contributed by atoms with Crippen molar-refractivity contribution < 1.29 is 0 Å². The minimum Gasteiger partial charge on any atom is -0.330 e. The Kier molecular flexibility index (Phi) is 5.02. The maximum Gasteiger partial charge on any atom is 0.0951 e. The molecule has 3 fully saturated rings. The fourth-order valence-corrected chi connectivity index (χ4v) is 5.60. The van der Waals surface area contributed by atoms with Gasteiger partial charge >= 0.3 is 0 Å². The summed E-state index contributed by atoms with van der Waals surface area (Å²) in [6.07, 6.45) is 10.8. The molecule has 4 heteroatoms. The smallest absolute Gasteiger partial charge is 0.0951 e. The van der Waals surface area contributed by atoms with Gasteiger partial charge in [-0.05, 0) is 68.6 Å². The first-order valence-corrected chi connectivity index (χ1v) is 11.2. The quantitative estimate of drug-likeness (QED) is 0.775. The van der Waals surface area contributed by atoms with Crippen LogP contribution in [0.2, 0.25) is 0 Å². The zero-order chi connectivity index (χ0) is 19.0. The lowest BCUT2D eigenvalue weighted by Gasteiger charge is -2.50. The zero-order valence-corrected chi connectivity index (χ0v) is 17.3. The number of hydrogen-bond acceptors (Lipinski definition) is 3. The van der Waals surface area contributed by atoms with E-state index >= 15 is 0 Å². The minimum atomic E-state index is 0.502. The van der Waals surface area contributed by atoms with Gasteiger partial charge in [0.25, 0.3) is 0 Å². The van der Waals surface area contributed by atoms with Gasteiger partial charge in [0.1, 0.15) is 0 Å². The fourth-order valence-electron chi connectivity index (χ4n) is 5.60. The Morgan fingerprint density at radius 2 is 1.86 bits per heavy atom. The highest BCUT2D eigenvalue weighted by atomic mass is 15.2. The van der Waals surface area contributed by atoms with Crippen molar-refractivity contribution in [2.24, 2.45) is 5.41 Å². The van der Waals surface area contributed by atoms with Crippen LogP contribution in [0.4, 0.5) is 0 Å². The summed E-state index contributed by atoms with van der Waals surface area (Å²) in [6, 6.07) is 12.0. The van der Waals surface area contributed by atoms with Gasteiger partial charge in [-0.25, -0.2) is 4.98 Å². The van der Waals surface area contributed by atoms with Crippen LogP contribution in [0.25, 0.3) is 0 Å². The maximum atomic E-state index is 4.43. The Labute approximate surface area is 169 Å². The predicted octanol–water partition coefficient (Wildman–Crippen LogP) is 4.31. The van der Waals surface area contributed by atoms with E-state index in [1.54, 1.807) is 0 Å². The number of benzene rings is 1. The molecule has 0 bridgehead atoms. The van der Waals surface area contributed by atoms with Crippen molar-refractivity contribution in [3.63, 3.8) is 0 Å². The van der Waals surface area contributed by atoms with Gasteiger partial charge in [0, 0.05) is 31.9 Å². The van der Waals surface area contributed by atoms with Crippen LogP contribution in [0.3, 0.4) is 0 Å². The largest absolute Gasteiger partial charge is 0.330 e. The SMILES string of the molecule is CCN1CC(c2ccccc2)CC2(CCN(Cc3cncn3C3CC3)CC2)C1. The first-order valence-electron chi connectivity index (χ1n) is 11.2. The van der Waals surface area contributed by atoms with Crippen LogP contribution in [0, 0.1) is 5.41 Å². The number of hydrogen-bond donors (Lipinski definition) is 0. The standard InChI is InChI=1S/C24H34N4/c1-2-26-16-21(20-6-4-3-5-7-20)14-24(18-26)10-12-27(13-11-24)17-23-15-25-19-28(23)22-8-9-22/h3-7,15,19,21-22H,2,8-14,16-18H2,1H3. The first-order chi connectivity index (χ1) is 13.7. The third kappa shape index (κ3) is 3.77. The summed E-state index contributed by atoms with van der Waals surface area (Å²) >= 11 is 0. The van der Waals surface area contributed by atoms with Crippen LogP contribution in [-0.2, 0) is 6.54 Å². The van der Waals surface area contributed by atoms with E-state index in [0.29, 0.717) is 11.3 Å². The van der Waals surface area contributed by atoms with Gasteiger partial charge in [0.2, 0.25) is 0 Å². The second-order valence-electron chi connectivity index (χ2n) is 9.44. The Morgan fingerprint density at radius 1 is 1.07 bits per heavy atom. The molecule has 28 heavy (non-hydrogen) atoms. The number of piperidine rings is 2. The summed E-state index contributed by atoms with van der Waals surface area (Å²) in [5, 5.41) is 0. The molecule has 1 aromatic heterocycles. The summed E-state index contributed by atoms with van der Waals surface area (Å²) in [6.45, 7) is 9.56. The first kappa shape index (κ1) is 18.4.